The molecule has 1 unspecified atom stereocenters. The van der Waals surface area contributed by atoms with Gasteiger partial charge >= 0.3 is 0 Å². The van der Waals surface area contributed by atoms with E-state index in [2.05, 4.69) is 62.7 Å². The Hall–Kier alpha value is -1.06. The van der Waals surface area contributed by atoms with Crippen LogP contribution in [-0.4, -0.2) is 48.3 Å². The number of aliphatic hydroxyl groups is 1. The van der Waals surface area contributed by atoms with Crippen LogP contribution in [0.3, 0.4) is 0 Å². The Kier molecular flexibility index (Phi) is 3.88. The zero-order valence-corrected chi connectivity index (χ0v) is 12.8. The van der Waals surface area contributed by atoms with Crippen molar-refractivity contribution in [2.45, 2.75) is 39.3 Å². The van der Waals surface area contributed by atoms with Crippen LogP contribution in [-0.2, 0) is 0 Å². The van der Waals surface area contributed by atoms with Gasteiger partial charge in [0.1, 0.15) is 0 Å². The smallest absolute Gasteiger partial charge is 0.0604 e. The van der Waals surface area contributed by atoms with Gasteiger partial charge in [-0.2, -0.15) is 0 Å². The highest BCUT2D eigenvalue weighted by atomic mass is 16.3. The molecule has 106 valence electrons. The zero-order valence-electron chi connectivity index (χ0n) is 12.8. The quantitative estimate of drug-likeness (QED) is 0.885. The molecule has 0 spiro atoms. The molecular formula is C16H26N2O. The number of hydrogen-bond acceptors (Lipinski definition) is 3. The molecule has 0 amide bonds. The Morgan fingerprint density at radius 1 is 1.32 bits per heavy atom. The average molecular weight is 262 g/mol. The van der Waals surface area contributed by atoms with Crippen molar-refractivity contribution in [3.8, 4) is 0 Å². The van der Waals surface area contributed by atoms with Crippen LogP contribution >= 0.6 is 0 Å². The molecular weight excluding hydrogens is 236 g/mol. The first-order valence-electron chi connectivity index (χ1n) is 7.01. The maximum absolute atomic E-state index is 9.60. The molecule has 1 fully saturated rings. The molecule has 1 N–H and O–H groups in total. The van der Waals surface area contributed by atoms with E-state index in [0.29, 0.717) is 0 Å². The molecule has 1 aromatic carbocycles. The summed E-state index contributed by atoms with van der Waals surface area (Å²) in [5.74, 6) is 0. The van der Waals surface area contributed by atoms with Gasteiger partial charge in [-0.15, -0.1) is 0 Å². The standard InChI is InChI=1S/C16H26N2O/c1-12-6-7-15(13(2)8-12)18-9-14(10-19)17(5)16(3,4)11-18/h6-8,14,19H,9-11H2,1-5H3. The summed E-state index contributed by atoms with van der Waals surface area (Å²) >= 11 is 0. The molecule has 1 atom stereocenters. The van der Waals surface area contributed by atoms with Gasteiger partial charge < -0.3 is 10.0 Å². The number of piperazine rings is 1. The highest BCUT2D eigenvalue weighted by molar-refractivity contribution is 5.55. The van der Waals surface area contributed by atoms with Gasteiger partial charge in [-0.1, -0.05) is 17.7 Å². The number of nitrogens with zero attached hydrogens (tertiary/aromatic N) is 2. The van der Waals surface area contributed by atoms with Crippen molar-refractivity contribution in [1.82, 2.24) is 4.90 Å². The number of aryl methyl sites for hydroxylation is 2. The van der Waals surface area contributed by atoms with Crippen molar-refractivity contribution in [3.63, 3.8) is 0 Å². The molecule has 19 heavy (non-hydrogen) atoms. The first-order valence-corrected chi connectivity index (χ1v) is 7.01. The number of hydrogen-bond donors (Lipinski definition) is 1. The van der Waals surface area contributed by atoms with Crippen molar-refractivity contribution >= 4 is 5.69 Å². The predicted octanol–water partition coefficient (Wildman–Crippen LogP) is 2.19. The van der Waals surface area contributed by atoms with E-state index in [4.69, 9.17) is 0 Å². The summed E-state index contributed by atoms with van der Waals surface area (Å²) < 4.78 is 0. The van der Waals surface area contributed by atoms with Crippen LogP contribution < -0.4 is 4.90 Å². The molecule has 0 radical (unpaired) electrons. The van der Waals surface area contributed by atoms with Gasteiger partial charge in [0.05, 0.1) is 12.6 Å². The molecule has 0 aliphatic carbocycles. The first kappa shape index (κ1) is 14.4. The Morgan fingerprint density at radius 3 is 2.58 bits per heavy atom. The first-order chi connectivity index (χ1) is 8.85. The van der Waals surface area contributed by atoms with Crippen molar-refractivity contribution in [2.24, 2.45) is 0 Å². The van der Waals surface area contributed by atoms with E-state index in [1.54, 1.807) is 0 Å². The summed E-state index contributed by atoms with van der Waals surface area (Å²) in [7, 11) is 2.11. The van der Waals surface area contributed by atoms with Crippen LogP contribution in [0.5, 0.6) is 0 Å². The van der Waals surface area contributed by atoms with Crippen LogP contribution in [0.1, 0.15) is 25.0 Å². The molecule has 3 heteroatoms. The molecule has 0 bridgehead atoms. The Bertz CT molecular complexity index is 456. The number of anilines is 1. The maximum Gasteiger partial charge on any atom is 0.0604 e. The molecule has 2 rings (SSSR count). The second kappa shape index (κ2) is 5.14. The number of likely N-dealkylation sites (N-methyl/N-ethyl adjacent to an activating group) is 1. The lowest BCUT2D eigenvalue weighted by Crippen LogP contribution is -2.63. The van der Waals surface area contributed by atoms with Crippen LogP contribution in [0.2, 0.25) is 0 Å². The fourth-order valence-electron chi connectivity index (χ4n) is 3.04. The SMILES string of the molecule is Cc1ccc(N2CC(CO)N(C)C(C)(C)C2)c(C)c1. The molecule has 1 saturated heterocycles. The highest BCUT2D eigenvalue weighted by Crippen LogP contribution is 2.29. The van der Waals surface area contributed by atoms with Gasteiger partial charge in [-0.05, 0) is 46.4 Å². The van der Waals surface area contributed by atoms with Gasteiger partial charge in [-0.25, -0.2) is 0 Å². The van der Waals surface area contributed by atoms with E-state index in [1.807, 2.05) is 0 Å². The van der Waals surface area contributed by atoms with E-state index in [0.717, 1.165) is 13.1 Å². The molecule has 0 aromatic heterocycles. The molecule has 1 aliphatic rings. The number of aliphatic hydroxyl groups excluding tert-OH is 1. The van der Waals surface area contributed by atoms with E-state index in [1.165, 1.54) is 16.8 Å². The minimum Gasteiger partial charge on any atom is -0.395 e. The zero-order chi connectivity index (χ0) is 14.2. The summed E-state index contributed by atoms with van der Waals surface area (Å²) in [6.07, 6.45) is 0. The molecule has 1 aromatic rings. The van der Waals surface area contributed by atoms with Crippen molar-refractivity contribution in [3.05, 3.63) is 29.3 Å². The van der Waals surface area contributed by atoms with E-state index >= 15 is 0 Å². The van der Waals surface area contributed by atoms with Gasteiger partial charge in [0.15, 0.2) is 0 Å². The monoisotopic (exact) mass is 262 g/mol. The summed E-state index contributed by atoms with van der Waals surface area (Å²) in [5.41, 5.74) is 3.98. The van der Waals surface area contributed by atoms with E-state index < -0.39 is 0 Å². The average Bonchev–Trinajstić information content (AvgIpc) is 2.32. The third-order valence-corrected chi connectivity index (χ3v) is 4.42. The lowest BCUT2D eigenvalue weighted by Gasteiger charge is -2.50. The Labute approximate surface area is 116 Å². The van der Waals surface area contributed by atoms with Crippen molar-refractivity contribution in [1.29, 1.82) is 0 Å². The van der Waals surface area contributed by atoms with Crippen LogP contribution in [0, 0.1) is 13.8 Å². The number of rotatable bonds is 2. The van der Waals surface area contributed by atoms with Gasteiger partial charge in [0.2, 0.25) is 0 Å². The van der Waals surface area contributed by atoms with Gasteiger partial charge in [-0.3, -0.25) is 4.90 Å². The second-order valence-corrected chi connectivity index (χ2v) is 6.43. The molecule has 1 aliphatic heterocycles. The van der Waals surface area contributed by atoms with E-state index in [9.17, 15) is 5.11 Å². The molecule has 1 heterocycles. The summed E-state index contributed by atoms with van der Waals surface area (Å²) in [6.45, 7) is 10.9. The Balaban J connectivity index is 2.30. The Morgan fingerprint density at radius 2 is 2.00 bits per heavy atom. The van der Waals surface area contributed by atoms with Crippen LogP contribution in [0.15, 0.2) is 18.2 Å². The largest absolute Gasteiger partial charge is 0.395 e. The van der Waals surface area contributed by atoms with Crippen LogP contribution in [0.25, 0.3) is 0 Å². The lowest BCUT2D eigenvalue weighted by atomic mass is 9.94. The molecule has 3 nitrogen and oxygen atoms in total. The van der Waals surface area contributed by atoms with Gasteiger partial charge in [0, 0.05) is 24.3 Å². The van der Waals surface area contributed by atoms with Gasteiger partial charge in [0.25, 0.3) is 0 Å². The fraction of sp³-hybridized carbons (Fsp3) is 0.625. The third-order valence-electron chi connectivity index (χ3n) is 4.42. The van der Waals surface area contributed by atoms with Crippen molar-refractivity contribution in [2.75, 3.05) is 31.6 Å². The highest BCUT2D eigenvalue weighted by Gasteiger charge is 2.37. The van der Waals surface area contributed by atoms with Crippen molar-refractivity contribution < 1.29 is 5.11 Å². The van der Waals surface area contributed by atoms with E-state index in [-0.39, 0.29) is 18.2 Å². The molecule has 0 saturated carbocycles. The maximum atomic E-state index is 9.60. The summed E-state index contributed by atoms with van der Waals surface area (Å²) in [5, 5.41) is 9.60. The lowest BCUT2D eigenvalue weighted by molar-refractivity contribution is 0.0455. The number of benzene rings is 1. The minimum atomic E-state index is 0.0724. The fourth-order valence-corrected chi connectivity index (χ4v) is 3.04. The summed E-state index contributed by atoms with van der Waals surface area (Å²) in [4.78, 5) is 4.71. The second-order valence-electron chi connectivity index (χ2n) is 6.43. The normalized spacial score (nSPS) is 23.7. The summed E-state index contributed by atoms with van der Waals surface area (Å²) in [6, 6.07) is 6.81. The minimum absolute atomic E-state index is 0.0724. The van der Waals surface area contributed by atoms with Crippen LogP contribution in [0.4, 0.5) is 5.69 Å². The third kappa shape index (κ3) is 2.77. The topological polar surface area (TPSA) is 26.7 Å². The predicted molar refractivity (Wildman–Crippen MR) is 80.8 cm³/mol.